The first-order chi connectivity index (χ1) is 16.2. The van der Waals surface area contributed by atoms with Gasteiger partial charge in [-0.25, -0.2) is 24.7 Å². The smallest absolute Gasteiger partial charge is 0.444 e. The molecule has 35 heavy (non-hydrogen) atoms. The second-order valence-electron chi connectivity index (χ2n) is 10.5. The summed E-state index contributed by atoms with van der Waals surface area (Å²) in [7, 11) is 0. The van der Waals surface area contributed by atoms with E-state index in [0.29, 0.717) is 25.5 Å². The number of aryl methyl sites for hydroxylation is 1. The molecule has 1 N–H and O–H groups in total. The standard InChI is InChI=1S/C24H33F3N6O2/c1-15-29-13-17(23(5,6)14-30-18-7-10-28-20(32-18)24(25,26)27)19(31-15)16-8-11-33(12-9-16)21(34)35-22(2,3)4/h7,10,13,16H,8-9,11-12,14H2,1-6H3,(H,28,30,32). The largest absolute Gasteiger partial charge is 0.451 e. The first kappa shape index (κ1) is 26.6. The van der Waals surface area contributed by atoms with Gasteiger partial charge >= 0.3 is 12.3 Å². The van der Waals surface area contributed by atoms with Gasteiger partial charge in [0.05, 0.1) is 5.69 Å². The number of hydrogen-bond acceptors (Lipinski definition) is 7. The van der Waals surface area contributed by atoms with E-state index in [1.807, 2.05) is 41.5 Å². The molecule has 2 aromatic rings. The van der Waals surface area contributed by atoms with Crippen molar-refractivity contribution in [1.82, 2.24) is 24.8 Å². The summed E-state index contributed by atoms with van der Waals surface area (Å²) in [5, 5.41) is 3.01. The Bertz CT molecular complexity index is 1040. The zero-order chi connectivity index (χ0) is 26.0. The number of likely N-dealkylation sites (tertiary alicyclic amines) is 1. The van der Waals surface area contributed by atoms with Crippen molar-refractivity contribution >= 4 is 11.9 Å². The molecule has 3 heterocycles. The van der Waals surface area contributed by atoms with Gasteiger partial charge in [0.15, 0.2) is 0 Å². The van der Waals surface area contributed by atoms with Gasteiger partial charge in [0, 0.05) is 43.4 Å². The quantitative estimate of drug-likeness (QED) is 0.618. The number of hydrogen-bond donors (Lipinski definition) is 1. The number of ether oxygens (including phenoxy) is 1. The maximum Gasteiger partial charge on any atom is 0.451 e. The Morgan fingerprint density at radius 3 is 2.37 bits per heavy atom. The van der Waals surface area contributed by atoms with E-state index in [4.69, 9.17) is 9.72 Å². The third-order valence-corrected chi connectivity index (χ3v) is 5.82. The molecule has 8 nitrogen and oxygen atoms in total. The molecule has 0 aromatic carbocycles. The Morgan fingerprint density at radius 2 is 1.77 bits per heavy atom. The number of halogens is 3. The molecule has 1 aliphatic heterocycles. The predicted molar refractivity (Wildman–Crippen MR) is 125 cm³/mol. The molecule has 0 unspecified atom stereocenters. The van der Waals surface area contributed by atoms with Crippen LogP contribution < -0.4 is 5.32 Å². The topological polar surface area (TPSA) is 93.1 Å². The van der Waals surface area contributed by atoms with Crippen molar-refractivity contribution in [3.05, 3.63) is 41.4 Å². The average Bonchev–Trinajstić information content (AvgIpc) is 2.76. The Hall–Kier alpha value is -2.98. The molecular formula is C24H33F3N6O2. The van der Waals surface area contributed by atoms with E-state index in [-0.39, 0.29) is 17.8 Å². The second kappa shape index (κ2) is 9.94. The van der Waals surface area contributed by atoms with Crippen LogP contribution in [-0.4, -0.2) is 56.2 Å². The van der Waals surface area contributed by atoms with E-state index in [9.17, 15) is 18.0 Å². The Kier molecular flexibility index (Phi) is 7.56. The zero-order valence-corrected chi connectivity index (χ0v) is 21.0. The molecule has 0 radical (unpaired) electrons. The van der Waals surface area contributed by atoms with E-state index < -0.39 is 23.0 Å². The SMILES string of the molecule is Cc1ncc(C(C)(C)CNc2ccnc(C(F)(F)F)n2)c(C2CCN(C(=O)OC(C)(C)C)CC2)n1. The van der Waals surface area contributed by atoms with Crippen LogP contribution >= 0.6 is 0 Å². The van der Waals surface area contributed by atoms with Crippen LogP contribution in [0.3, 0.4) is 0 Å². The summed E-state index contributed by atoms with van der Waals surface area (Å²) >= 11 is 0. The van der Waals surface area contributed by atoms with Crippen LogP contribution in [-0.2, 0) is 16.3 Å². The van der Waals surface area contributed by atoms with Gasteiger partial charge in [0.25, 0.3) is 0 Å². The highest BCUT2D eigenvalue weighted by Gasteiger charge is 2.35. The molecule has 2 aromatic heterocycles. The minimum Gasteiger partial charge on any atom is -0.444 e. The third-order valence-electron chi connectivity index (χ3n) is 5.82. The fraction of sp³-hybridized carbons (Fsp3) is 0.625. The minimum absolute atomic E-state index is 0.0978. The summed E-state index contributed by atoms with van der Waals surface area (Å²) < 4.78 is 44.4. The van der Waals surface area contributed by atoms with Crippen molar-refractivity contribution in [3.63, 3.8) is 0 Å². The van der Waals surface area contributed by atoms with Gasteiger partial charge in [-0.2, -0.15) is 13.2 Å². The van der Waals surface area contributed by atoms with Crippen LogP contribution in [0, 0.1) is 6.92 Å². The second-order valence-corrected chi connectivity index (χ2v) is 10.5. The number of amides is 1. The average molecular weight is 495 g/mol. The van der Waals surface area contributed by atoms with Gasteiger partial charge < -0.3 is 15.0 Å². The van der Waals surface area contributed by atoms with Crippen LogP contribution in [0.4, 0.5) is 23.8 Å². The summed E-state index contributed by atoms with van der Waals surface area (Å²) in [6, 6.07) is 1.41. The number of carbonyl (C=O) groups excluding carboxylic acids is 1. The number of piperidine rings is 1. The lowest BCUT2D eigenvalue weighted by Crippen LogP contribution is -2.42. The van der Waals surface area contributed by atoms with Crippen molar-refractivity contribution in [2.24, 2.45) is 0 Å². The van der Waals surface area contributed by atoms with Gasteiger partial charge in [-0.15, -0.1) is 0 Å². The number of nitrogens with zero attached hydrogens (tertiary/aromatic N) is 5. The van der Waals surface area contributed by atoms with Crippen molar-refractivity contribution in [2.45, 2.75) is 77.5 Å². The number of alkyl halides is 3. The molecule has 1 aliphatic rings. The van der Waals surface area contributed by atoms with Crippen LogP contribution in [0.2, 0.25) is 0 Å². The third kappa shape index (κ3) is 7.02. The maximum absolute atomic E-state index is 13.0. The van der Waals surface area contributed by atoms with E-state index in [0.717, 1.165) is 30.3 Å². The van der Waals surface area contributed by atoms with E-state index in [1.54, 1.807) is 11.1 Å². The number of nitrogens with one attached hydrogen (secondary N) is 1. The lowest BCUT2D eigenvalue weighted by molar-refractivity contribution is -0.144. The highest BCUT2D eigenvalue weighted by molar-refractivity contribution is 5.68. The van der Waals surface area contributed by atoms with Crippen LogP contribution in [0.1, 0.15) is 76.3 Å². The number of aromatic nitrogens is 4. The molecule has 1 amide bonds. The predicted octanol–water partition coefficient (Wildman–Crippen LogP) is 5.10. The number of carbonyl (C=O) groups is 1. The summed E-state index contributed by atoms with van der Waals surface area (Å²) in [6.45, 7) is 12.8. The molecule has 11 heteroatoms. The summed E-state index contributed by atoms with van der Waals surface area (Å²) in [4.78, 5) is 30.2. The van der Waals surface area contributed by atoms with Crippen LogP contribution in [0.15, 0.2) is 18.5 Å². The first-order valence-electron chi connectivity index (χ1n) is 11.6. The van der Waals surface area contributed by atoms with Gasteiger partial charge in [-0.1, -0.05) is 13.8 Å². The van der Waals surface area contributed by atoms with Gasteiger partial charge in [0.1, 0.15) is 17.2 Å². The first-order valence-corrected chi connectivity index (χ1v) is 11.6. The van der Waals surface area contributed by atoms with E-state index >= 15 is 0 Å². The molecule has 0 spiro atoms. The fourth-order valence-corrected chi connectivity index (χ4v) is 3.98. The van der Waals surface area contributed by atoms with Gasteiger partial charge in [-0.3, -0.25) is 0 Å². The molecule has 0 saturated carbocycles. The Labute approximate surface area is 203 Å². The summed E-state index contributed by atoms with van der Waals surface area (Å²) in [5.41, 5.74) is 0.768. The van der Waals surface area contributed by atoms with Crippen molar-refractivity contribution < 1.29 is 22.7 Å². The number of anilines is 1. The lowest BCUT2D eigenvalue weighted by Gasteiger charge is -2.35. The van der Waals surface area contributed by atoms with Crippen molar-refractivity contribution in [2.75, 3.05) is 25.0 Å². The maximum atomic E-state index is 13.0. The molecule has 192 valence electrons. The molecular weight excluding hydrogens is 461 g/mol. The molecule has 1 fully saturated rings. The highest BCUT2D eigenvalue weighted by Crippen LogP contribution is 2.35. The van der Waals surface area contributed by atoms with Crippen LogP contribution in [0.25, 0.3) is 0 Å². The Morgan fingerprint density at radius 1 is 1.11 bits per heavy atom. The summed E-state index contributed by atoms with van der Waals surface area (Å²) in [6.07, 6.45) is -0.591. The van der Waals surface area contributed by atoms with Gasteiger partial charge in [-0.05, 0) is 52.2 Å². The Balaban J connectivity index is 1.74. The van der Waals surface area contributed by atoms with Gasteiger partial charge in [0.2, 0.25) is 5.82 Å². The molecule has 0 aliphatic carbocycles. The van der Waals surface area contributed by atoms with Crippen molar-refractivity contribution in [1.29, 1.82) is 0 Å². The lowest BCUT2D eigenvalue weighted by atomic mass is 9.79. The molecule has 3 rings (SSSR count). The van der Waals surface area contributed by atoms with Crippen LogP contribution in [0.5, 0.6) is 0 Å². The monoisotopic (exact) mass is 494 g/mol. The van der Waals surface area contributed by atoms with E-state index in [2.05, 4.69) is 20.3 Å². The number of rotatable bonds is 5. The normalized spacial score (nSPS) is 15.7. The minimum atomic E-state index is -4.61. The fourth-order valence-electron chi connectivity index (χ4n) is 3.98. The zero-order valence-electron chi connectivity index (χ0n) is 21.0. The molecule has 0 bridgehead atoms. The summed E-state index contributed by atoms with van der Waals surface area (Å²) in [5.74, 6) is -0.315. The molecule has 1 saturated heterocycles. The van der Waals surface area contributed by atoms with Crippen molar-refractivity contribution in [3.8, 4) is 0 Å². The molecule has 0 atom stereocenters. The van der Waals surface area contributed by atoms with E-state index in [1.165, 1.54) is 6.07 Å². The highest BCUT2D eigenvalue weighted by atomic mass is 19.4.